The minimum atomic E-state index is -0.483. The third kappa shape index (κ3) is 3.10. The number of halogens is 2. The summed E-state index contributed by atoms with van der Waals surface area (Å²) < 4.78 is 17.0. The molecule has 2 aromatic heterocycles. The van der Waals surface area contributed by atoms with E-state index in [-0.39, 0.29) is 17.4 Å². The molecule has 0 fully saturated rings. The van der Waals surface area contributed by atoms with Crippen molar-refractivity contribution >= 4 is 17.5 Å². The van der Waals surface area contributed by atoms with E-state index in [9.17, 15) is 9.18 Å². The predicted octanol–water partition coefficient (Wildman–Crippen LogP) is 2.75. The monoisotopic (exact) mass is 373 g/mol. The molecule has 1 aliphatic rings. The van der Waals surface area contributed by atoms with Crippen molar-refractivity contribution in [2.45, 2.75) is 26.4 Å². The number of nitrogens with zero attached hydrogens (tertiary/aromatic N) is 5. The van der Waals surface area contributed by atoms with Crippen LogP contribution in [-0.4, -0.2) is 36.9 Å². The van der Waals surface area contributed by atoms with Crippen LogP contribution in [0.15, 0.2) is 36.8 Å². The van der Waals surface area contributed by atoms with Crippen LogP contribution in [-0.2, 0) is 24.3 Å². The van der Waals surface area contributed by atoms with Crippen molar-refractivity contribution in [1.82, 2.24) is 24.5 Å². The molecule has 0 spiro atoms. The quantitative estimate of drug-likeness (QED) is 0.709. The molecule has 0 atom stereocenters. The summed E-state index contributed by atoms with van der Waals surface area (Å²) in [5, 5.41) is 8.76. The number of carbonyl (C=O) groups excluding carboxylic acids is 1. The topological polar surface area (TPSA) is 56.0 Å². The Bertz CT molecular complexity index is 980. The molecule has 1 aromatic carbocycles. The van der Waals surface area contributed by atoms with E-state index in [0.29, 0.717) is 25.2 Å². The van der Waals surface area contributed by atoms with Gasteiger partial charge in [-0.05, 0) is 30.2 Å². The molecule has 0 bridgehead atoms. The number of rotatable bonds is 3. The van der Waals surface area contributed by atoms with Crippen LogP contribution >= 0.6 is 11.6 Å². The summed E-state index contributed by atoms with van der Waals surface area (Å²) in [6.45, 7) is 3.65. The van der Waals surface area contributed by atoms with Gasteiger partial charge in [0.15, 0.2) is 0 Å². The Kier molecular flexibility index (Phi) is 4.24. The van der Waals surface area contributed by atoms with E-state index in [1.165, 1.54) is 12.1 Å². The van der Waals surface area contributed by atoms with Gasteiger partial charge in [-0.1, -0.05) is 17.7 Å². The molecule has 0 saturated carbocycles. The highest BCUT2D eigenvalue weighted by Gasteiger charge is 2.25. The van der Waals surface area contributed by atoms with E-state index < -0.39 is 5.82 Å². The summed E-state index contributed by atoms with van der Waals surface area (Å²) in [5.41, 5.74) is 3.58. The standard InChI is InChI=1S/C18H17ClFN5O/c1-12-8-21-25(10-12)16-9-22-24-5-4-23(11-17(16)24)18(26)7-13-2-3-15(20)14(19)6-13/h2-3,6,8-10H,4-5,7,11H2,1H3. The minimum Gasteiger partial charge on any atom is -0.335 e. The van der Waals surface area contributed by atoms with Crippen molar-refractivity contribution in [3.8, 4) is 5.69 Å². The van der Waals surface area contributed by atoms with E-state index in [4.69, 9.17) is 11.6 Å². The highest BCUT2D eigenvalue weighted by molar-refractivity contribution is 6.30. The Balaban J connectivity index is 1.53. The first kappa shape index (κ1) is 16.8. The van der Waals surface area contributed by atoms with Crippen molar-refractivity contribution in [3.05, 3.63) is 64.5 Å². The van der Waals surface area contributed by atoms with Crippen molar-refractivity contribution in [2.24, 2.45) is 0 Å². The molecular formula is C18H17ClFN5O. The fraction of sp³-hybridized carbons (Fsp3) is 0.278. The first-order valence-corrected chi connectivity index (χ1v) is 8.67. The lowest BCUT2D eigenvalue weighted by atomic mass is 10.1. The number of carbonyl (C=O) groups is 1. The molecule has 0 unspecified atom stereocenters. The van der Waals surface area contributed by atoms with Gasteiger partial charge in [-0.2, -0.15) is 10.2 Å². The predicted molar refractivity (Wildman–Crippen MR) is 94.6 cm³/mol. The lowest BCUT2D eigenvalue weighted by Gasteiger charge is -2.28. The number of amides is 1. The van der Waals surface area contributed by atoms with Crippen molar-refractivity contribution in [2.75, 3.05) is 6.54 Å². The molecule has 8 heteroatoms. The van der Waals surface area contributed by atoms with Gasteiger partial charge in [0, 0.05) is 12.7 Å². The van der Waals surface area contributed by atoms with Crippen LogP contribution in [0.2, 0.25) is 5.02 Å². The van der Waals surface area contributed by atoms with Crippen LogP contribution in [0, 0.1) is 12.7 Å². The van der Waals surface area contributed by atoms with Gasteiger partial charge < -0.3 is 4.90 Å². The maximum atomic E-state index is 13.3. The molecule has 0 N–H and O–H groups in total. The number of hydrogen-bond acceptors (Lipinski definition) is 3. The molecule has 4 rings (SSSR count). The summed E-state index contributed by atoms with van der Waals surface area (Å²) in [6, 6.07) is 4.38. The molecule has 1 amide bonds. The van der Waals surface area contributed by atoms with Gasteiger partial charge in [0.05, 0.1) is 42.6 Å². The number of benzene rings is 1. The fourth-order valence-electron chi connectivity index (χ4n) is 3.12. The fourth-order valence-corrected chi connectivity index (χ4v) is 3.32. The van der Waals surface area contributed by atoms with Crippen molar-refractivity contribution in [1.29, 1.82) is 0 Å². The largest absolute Gasteiger partial charge is 0.335 e. The van der Waals surface area contributed by atoms with E-state index >= 15 is 0 Å². The van der Waals surface area contributed by atoms with Gasteiger partial charge in [-0.25, -0.2) is 9.07 Å². The highest BCUT2D eigenvalue weighted by atomic mass is 35.5. The third-order valence-corrected chi connectivity index (χ3v) is 4.79. The van der Waals surface area contributed by atoms with Crippen LogP contribution in [0.1, 0.15) is 16.8 Å². The normalized spacial score (nSPS) is 13.7. The lowest BCUT2D eigenvalue weighted by molar-refractivity contribution is -0.132. The molecule has 134 valence electrons. The minimum absolute atomic E-state index is 0.0253. The van der Waals surface area contributed by atoms with Gasteiger partial charge in [0.25, 0.3) is 0 Å². The Hall–Kier alpha value is -2.67. The van der Waals surface area contributed by atoms with E-state index in [2.05, 4.69) is 10.2 Å². The molecular weight excluding hydrogens is 357 g/mol. The molecule has 3 heterocycles. The number of aromatic nitrogens is 4. The second-order valence-corrected chi connectivity index (χ2v) is 6.81. The van der Waals surface area contributed by atoms with Crippen LogP contribution in [0.5, 0.6) is 0 Å². The Morgan fingerprint density at radius 3 is 2.85 bits per heavy atom. The Labute approximate surface area is 154 Å². The molecule has 6 nitrogen and oxygen atoms in total. The van der Waals surface area contributed by atoms with Crippen LogP contribution in [0.25, 0.3) is 5.69 Å². The number of hydrogen-bond donors (Lipinski definition) is 0. The zero-order chi connectivity index (χ0) is 18.3. The maximum Gasteiger partial charge on any atom is 0.227 e. The second-order valence-electron chi connectivity index (χ2n) is 6.40. The number of fused-ring (bicyclic) bond motifs is 1. The molecule has 0 aliphatic carbocycles. The summed E-state index contributed by atoms with van der Waals surface area (Å²) in [4.78, 5) is 14.5. The van der Waals surface area contributed by atoms with E-state index in [1.54, 1.807) is 28.0 Å². The summed E-state index contributed by atoms with van der Waals surface area (Å²) >= 11 is 5.80. The molecule has 0 radical (unpaired) electrons. The zero-order valence-corrected chi connectivity index (χ0v) is 14.9. The molecule has 0 saturated heterocycles. The van der Waals surface area contributed by atoms with Gasteiger partial charge in [-0.3, -0.25) is 9.48 Å². The second kappa shape index (κ2) is 6.57. The molecule has 3 aromatic rings. The van der Waals surface area contributed by atoms with Crippen LogP contribution in [0.3, 0.4) is 0 Å². The van der Waals surface area contributed by atoms with Gasteiger partial charge in [0.1, 0.15) is 11.5 Å². The molecule has 1 aliphatic heterocycles. The lowest BCUT2D eigenvalue weighted by Crippen LogP contribution is -2.39. The highest BCUT2D eigenvalue weighted by Crippen LogP contribution is 2.22. The van der Waals surface area contributed by atoms with Crippen LogP contribution in [0.4, 0.5) is 4.39 Å². The zero-order valence-electron chi connectivity index (χ0n) is 14.2. The first-order valence-electron chi connectivity index (χ1n) is 8.29. The average molecular weight is 374 g/mol. The summed E-state index contributed by atoms with van der Waals surface area (Å²) in [7, 11) is 0. The maximum absolute atomic E-state index is 13.3. The van der Waals surface area contributed by atoms with E-state index in [1.807, 2.05) is 17.8 Å². The Morgan fingerprint density at radius 1 is 1.27 bits per heavy atom. The Morgan fingerprint density at radius 2 is 2.12 bits per heavy atom. The third-order valence-electron chi connectivity index (χ3n) is 4.50. The van der Waals surface area contributed by atoms with Gasteiger partial charge >= 0.3 is 0 Å². The van der Waals surface area contributed by atoms with Crippen LogP contribution < -0.4 is 0 Å². The number of aryl methyl sites for hydroxylation is 1. The van der Waals surface area contributed by atoms with Crippen molar-refractivity contribution in [3.63, 3.8) is 0 Å². The van der Waals surface area contributed by atoms with E-state index in [0.717, 1.165) is 16.9 Å². The smallest absolute Gasteiger partial charge is 0.227 e. The first-order chi connectivity index (χ1) is 12.5. The summed E-state index contributed by atoms with van der Waals surface area (Å²) in [5.74, 6) is -0.508. The summed E-state index contributed by atoms with van der Waals surface area (Å²) in [6.07, 6.45) is 5.67. The molecule has 26 heavy (non-hydrogen) atoms. The SMILES string of the molecule is Cc1cnn(-c2cnn3c2CN(C(=O)Cc2ccc(F)c(Cl)c2)CC3)c1. The van der Waals surface area contributed by atoms with Gasteiger partial charge in [0.2, 0.25) is 5.91 Å². The van der Waals surface area contributed by atoms with Crippen molar-refractivity contribution < 1.29 is 9.18 Å². The van der Waals surface area contributed by atoms with Gasteiger partial charge in [-0.15, -0.1) is 0 Å². The average Bonchev–Trinajstić information content (AvgIpc) is 3.23.